The largest absolute Gasteiger partial charge is 0.487 e. The van der Waals surface area contributed by atoms with Crippen LogP contribution in [0.15, 0.2) is 47.9 Å². The number of aryl methyl sites for hydroxylation is 1. The van der Waals surface area contributed by atoms with Gasteiger partial charge in [-0.05, 0) is 26.0 Å². The Hall–Kier alpha value is -2.80. The van der Waals surface area contributed by atoms with E-state index in [4.69, 9.17) is 22.0 Å². The van der Waals surface area contributed by atoms with Gasteiger partial charge >= 0.3 is 0 Å². The van der Waals surface area contributed by atoms with Crippen molar-refractivity contribution in [1.82, 2.24) is 15.0 Å². The Bertz CT molecular complexity index is 687. The highest BCUT2D eigenvalue weighted by atomic mass is 16.5. The van der Waals surface area contributed by atoms with Gasteiger partial charge in [0.2, 0.25) is 0 Å². The van der Waals surface area contributed by atoms with Crippen LogP contribution >= 0.6 is 0 Å². The van der Waals surface area contributed by atoms with Crippen molar-refractivity contribution >= 4 is 5.82 Å². The number of hydrazine groups is 1. The van der Waals surface area contributed by atoms with Crippen LogP contribution in [0.25, 0.3) is 0 Å². The van der Waals surface area contributed by atoms with Crippen molar-refractivity contribution in [2.24, 2.45) is 11.6 Å². The van der Waals surface area contributed by atoms with Crippen molar-refractivity contribution in [3.63, 3.8) is 0 Å². The molecule has 1 heterocycles. The van der Waals surface area contributed by atoms with Crippen LogP contribution in [0.3, 0.4) is 0 Å². The molecule has 0 saturated heterocycles. The summed E-state index contributed by atoms with van der Waals surface area (Å²) >= 11 is 0. The molecule has 0 bridgehead atoms. The number of aromatic nitrogens is 2. The average Bonchev–Trinajstić information content (AvgIpc) is 2.63. The SMILES string of the molecule is C/C(=C(/N)COc1ccccc1)N(N)Cc1cnc(C)nc1N.CC. The predicted molar refractivity (Wildman–Crippen MR) is 101 cm³/mol. The van der Waals surface area contributed by atoms with Gasteiger partial charge in [-0.25, -0.2) is 15.8 Å². The molecule has 0 aliphatic heterocycles. The Balaban J connectivity index is 0.00000151. The molecule has 7 nitrogen and oxygen atoms in total. The van der Waals surface area contributed by atoms with Crippen LogP contribution in [0.4, 0.5) is 5.82 Å². The first-order chi connectivity index (χ1) is 12.0. The number of nitrogen functional groups attached to an aromatic ring is 1. The summed E-state index contributed by atoms with van der Waals surface area (Å²) in [6, 6.07) is 9.46. The van der Waals surface area contributed by atoms with E-state index in [0.717, 1.165) is 11.3 Å². The molecule has 0 saturated carbocycles. The van der Waals surface area contributed by atoms with E-state index in [-0.39, 0.29) is 6.61 Å². The number of ether oxygens (including phenoxy) is 1. The molecular formula is C18H28N6O. The van der Waals surface area contributed by atoms with E-state index in [2.05, 4.69) is 9.97 Å². The van der Waals surface area contributed by atoms with Gasteiger partial charge in [0.05, 0.1) is 12.2 Å². The zero-order valence-electron chi connectivity index (χ0n) is 15.4. The third kappa shape index (κ3) is 6.31. The van der Waals surface area contributed by atoms with Crippen molar-refractivity contribution in [3.8, 4) is 5.75 Å². The second-order valence-corrected chi connectivity index (χ2v) is 5.17. The van der Waals surface area contributed by atoms with Crippen LogP contribution in [0.2, 0.25) is 0 Å². The first-order valence-electron chi connectivity index (χ1n) is 8.20. The number of nitrogens with zero attached hydrogens (tertiary/aromatic N) is 3. The highest BCUT2D eigenvalue weighted by Crippen LogP contribution is 2.14. The normalized spacial score (nSPS) is 11.1. The van der Waals surface area contributed by atoms with Gasteiger partial charge in [0.25, 0.3) is 0 Å². The summed E-state index contributed by atoms with van der Waals surface area (Å²) < 4.78 is 5.61. The average molecular weight is 344 g/mol. The van der Waals surface area contributed by atoms with Gasteiger partial charge in [0.15, 0.2) is 0 Å². The van der Waals surface area contributed by atoms with Crippen LogP contribution in [0, 0.1) is 6.92 Å². The Labute approximate surface area is 149 Å². The van der Waals surface area contributed by atoms with Crippen molar-refractivity contribution in [1.29, 1.82) is 0 Å². The van der Waals surface area contributed by atoms with Gasteiger partial charge < -0.3 is 21.2 Å². The van der Waals surface area contributed by atoms with E-state index in [1.165, 1.54) is 5.01 Å². The van der Waals surface area contributed by atoms with Gasteiger partial charge in [-0.2, -0.15) is 0 Å². The summed E-state index contributed by atoms with van der Waals surface area (Å²) in [5.74, 6) is 7.85. The maximum absolute atomic E-state index is 6.05. The molecular weight excluding hydrogens is 316 g/mol. The van der Waals surface area contributed by atoms with E-state index >= 15 is 0 Å². The fourth-order valence-electron chi connectivity index (χ4n) is 1.90. The van der Waals surface area contributed by atoms with Crippen molar-refractivity contribution in [2.45, 2.75) is 34.2 Å². The fraction of sp³-hybridized carbons (Fsp3) is 0.333. The van der Waals surface area contributed by atoms with Crippen LogP contribution < -0.4 is 22.0 Å². The van der Waals surface area contributed by atoms with E-state index in [9.17, 15) is 0 Å². The number of nitrogens with two attached hydrogens (primary N) is 3. The lowest BCUT2D eigenvalue weighted by Crippen LogP contribution is -2.32. The minimum Gasteiger partial charge on any atom is -0.487 e. The summed E-state index contributed by atoms with van der Waals surface area (Å²) in [4.78, 5) is 8.25. The molecule has 1 aromatic carbocycles. The number of benzene rings is 1. The van der Waals surface area contributed by atoms with E-state index in [0.29, 0.717) is 29.6 Å². The molecule has 7 heteroatoms. The fourth-order valence-corrected chi connectivity index (χ4v) is 1.90. The van der Waals surface area contributed by atoms with Crippen LogP contribution in [-0.4, -0.2) is 21.6 Å². The summed E-state index contributed by atoms with van der Waals surface area (Å²) in [5.41, 5.74) is 13.9. The first-order valence-corrected chi connectivity index (χ1v) is 8.20. The Morgan fingerprint density at radius 2 is 1.84 bits per heavy atom. The van der Waals surface area contributed by atoms with Gasteiger partial charge in [-0.3, -0.25) is 0 Å². The number of anilines is 1. The first kappa shape index (κ1) is 20.2. The minimum atomic E-state index is 0.253. The molecule has 0 spiro atoms. The van der Waals surface area contributed by atoms with E-state index in [1.54, 1.807) is 13.1 Å². The van der Waals surface area contributed by atoms with Crippen molar-refractivity contribution in [2.75, 3.05) is 12.3 Å². The molecule has 25 heavy (non-hydrogen) atoms. The number of hydrogen-bond donors (Lipinski definition) is 3. The third-order valence-electron chi connectivity index (χ3n) is 3.39. The second kappa shape index (κ2) is 10.1. The van der Waals surface area contributed by atoms with Gasteiger partial charge in [-0.15, -0.1) is 0 Å². The summed E-state index contributed by atoms with van der Waals surface area (Å²) in [6.45, 7) is 8.23. The monoisotopic (exact) mass is 344 g/mol. The molecule has 0 fully saturated rings. The number of rotatable bonds is 6. The zero-order valence-corrected chi connectivity index (χ0v) is 15.4. The Morgan fingerprint density at radius 1 is 1.20 bits per heavy atom. The highest BCUT2D eigenvalue weighted by Gasteiger charge is 2.10. The lowest BCUT2D eigenvalue weighted by atomic mass is 10.2. The third-order valence-corrected chi connectivity index (χ3v) is 3.39. The Morgan fingerprint density at radius 3 is 2.44 bits per heavy atom. The van der Waals surface area contributed by atoms with E-state index in [1.807, 2.05) is 51.1 Å². The van der Waals surface area contributed by atoms with Gasteiger partial charge in [0, 0.05) is 17.5 Å². The minimum absolute atomic E-state index is 0.253. The second-order valence-electron chi connectivity index (χ2n) is 5.17. The van der Waals surface area contributed by atoms with Crippen molar-refractivity contribution < 1.29 is 4.74 Å². The topological polar surface area (TPSA) is 116 Å². The highest BCUT2D eigenvalue weighted by molar-refractivity contribution is 5.37. The molecule has 0 amide bonds. The molecule has 2 aromatic rings. The molecule has 0 aliphatic rings. The Kier molecular flexibility index (Phi) is 8.22. The van der Waals surface area contributed by atoms with Crippen LogP contribution in [-0.2, 0) is 6.54 Å². The standard InChI is InChI=1S/C16H22N6O.C2H6/c1-11(15(17)10-23-14-6-4-3-5-7-14)22(19)9-13-8-20-12(2)21-16(13)18;1-2/h3-8H,9-10,17,19H2,1-2H3,(H2,18,20,21);1-2H3/b15-11-;. The lowest BCUT2D eigenvalue weighted by Gasteiger charge is -2.22. The lowest BCUT2D eigenvalue weighted by molar-refractivity contribution is 0.318. The summed E-state index contributed by atoms with van der Waals surface area (Å²) in [6.07, 6.45) is 1.67. The maximum atomic E-state index is 6.05. The van der Waals surface area contributed by atoms with Crippen LogP contribution in [0.1, 0.15) is 32.2 Å². The molecule has 6 N–H and O–H groups in total. The molecule has 0 unspecified atom stereocenters. The van der Waals surface area contributed by atoms with Gasteiger partial charge in [0.1, 0.15) is 24.0 Å². The summed E-state index contributed by atoms with van der Waals surface area (Å²) in [7, 11) is 0. The number of allylic oxidation sites excluding steroid dienone is 1. The molecule has 1 aromatic heterocycles. The van der Waals surface area contributed by atoms with Gasteiger partial charge in [-0.1, -0.05) is 32.0 Å². The summed E-state index contributed by atoms with van der Waals surface area (Å²) in [5, 5.41) is 1.51. The molecule has 0 atom stereocenters. The maximum Gasteiger partial charge on any atom is 0.132 e. The zero-order chi connectivity index (χ0) is 18.8. The molecule has 136 valence electrons. The number of hydrogen-bond acceptors (Lipinski definition) is 7. The predicted octanol–water partition coefficient (Wildman–Crippen LogP) is 2.34. The molecule has 0 radical (unpaired) electrons. The van der Waals surface area contributed by atoms with E-state index < -0.39 is 0 Å². The molecule has 2 rings (SSSR count). The quantitative estimate of drug-likeness (QED) is 0.544. The van der Waals surface area contributed by atoms with Crippen LogP contribution in [0.5, 0.6) is 5.75 Å². The smallest absolute Gasteiger partial charge is 0.132 e. The molecule has 0 aliphatic carbocycles. The van der Waals surface area contributed by atoms with Crippen molar-refractivity contribution in [3.05, 3.63) is 59.3 Å². The number of para-hydroxylation sites is 1.